The zero-order chi connectivity index (χ0) is 13.6. The number of nitrogens with one attached hydrogen (secondary N) is 2. The van der Waals surface area contributed by atoms with Gasteiger partial charge in [0.2, 0.25) is 0 Å². The highest BCUT2D eigenvalue weighted by Gasteiger charge is 2.25. The van der Waals surface area contributed by atoms with Gasteiger partial charge in [-0.25, -0.2) is 4.98 Å². The number of piperidine rings is 1. The normalized spacial score (nSPS) is 23.7. The molecule has 2 aliphatic heterocycles. The van der Waals surface area contributed by atoms with Crippen LogP contribution in [0, 0.1) is 11.8 Å². The van der Waals surface area contributed by atoms with Crippen LogP contribution in [0.5, 0.6) is 0 Å². The van der Waals surface area contributed by atoms with Crippen molar-refractivity contribution in [3.05, 3.63) is 24.4 Å². The van der Waals surface area contributed by atoms with Gasteiger partial charge in [-0.05, 0) is 62.9 Å². The van der Waals surface area contributed by atoms with E-state index in [2.05, 4.69) is 20.5 Å². The Bertz CT molecular complexity index is 395. The van der Waals surface area contributed by atoms with Gasteiger partial charge in [-0.2, -0.15) is 0 Å². The second kappa shape index (κ2) is 8.57. The van der Waals surface area contributed by atoms with Gasteiger partial charge in [0.25, 0.3) is 0 Å². The molecule has 2 saturated heterocycles. The summed E-state index contributed by atoms with van der Waals surface area (Å²) in [5, 5.41) is 6.91. The van der Waals surface area contributed by atoms with Gasteiger partial charge in [-0.1, -0.05) is 6.07 Å². The standard InChI is InChI=1S/C16H26N4.ClH/c1-2-7-18-16(3-1)19-11-15-6-10-20(13-15)12-14-4-8-17-9-5-14;/h1-3,7,14-15,17H,4-6,8-13H2,(H,18,19);1H. The number of anilines is 1. The van der Waals surface area contributed by atoms with Gasteiger partial charge in [0.15, 0.2) is 0 Å². The van der Waals surface area contributed by atoms with Crippen LogP contribution in [0.15, 0.2) is 24.4 Å². The molecular weight excluding hydrogens is 284 g/mol. The molecule has 0 bridgehead atoms. The predicted octanol–water partition coefficient (Wildman–Crippen LogP) is 2.24. The number of nitrogens with zero attached hydrogens (tertiary/aromatic N) is 2. The van der Waals surface area contributed by atoms with Crippen molar-refractivity contribution in [2.75, 3.05) is 44.6 Å². The van der Waals surface area contributed by atoms with Gasteiger partial charge < -0.3 is 15.5 Å². The monoisotopic (exact) mass is 310 g/mol. The molecule has 0 amide bonds. The SMILES string of the molecule is Cl.c1ccc(NCC2CCN(CC3CCNCC3)C2)nc1. The molecule has 21 heavy (non-hydrogen) atoms. The fourth-order valence-corrected chi connectivity index (χ4v) is 3.39. The van der Waals surface area contributed by atoms with Crippen molar-refractivity contribution in [2.24, 2.45) is 11.8 Å². The summed E-state index contributed by atoms with van der Waals surface area (Å²) in [6.07, 6.45) is 5.88. The summed E-state index contributed by atoms with van der Waals surface area (Å²) in [4.78, 5) is 6.99. The number of rotatable bonds is 5. The maximum atomic E-state index is 4.32. The number of halogens is 1. The molecule has 0 aliphatic carbocycles. The van der Waals surface area contributed by atoms with Gasteiger partial charge in [-0.15, -0.1) is 12.4 Å². The second-order valence-electron chi connectivity index (χ2n) is 6.20. The topological polar surface area (TPSA) is 40.2 Å². The van der Waals surface area contributed by atoms with Crippen LogP contribution < -0.4 is 10.6 Å². The molecule has 3 rings (SSSR count). The molecule has 2 fully saturated rings. The lowest BCUT2D eigenvalue weighted by Crippen LogP contribution is -2.35. The van der Waals surface area contributed by atoms with Crippen molar-refractivity contribution < 1.29 is 0 Å². The third-order valence-corrected chi connectivity index (χ3v) is 4.58. The summed E-state index contributed by atoms with van der Waals surface area (Å²) in [7, 11) is 0. The Kier molecular flexibility index (Phi) is 6.74. The average Bonchev–Trinajstić information content (AvgIpc) is 2.95. The number of aromatic nitrogens is 1. The van der Waals surface area contributed by atoms with E-state index in [0.29, 0.717) is 0 Å². The molecule has 1 atom stereocenters. The maximum Gasteiger partial charge on any atom is 0.125 e. The average molecular weight is 311 g/mol. The second-order valence-corrected chi connectivity index (χ2v) is 6.20. The molecule has 118 valence electrons. The van der Waals surface area contributed by atoms with Crippen molar-refractivity contribution in [1.29, 1.82) is 0 Å². The molecular formula is C16H27ClN4. The Balaban J connectivity index is 0.00000161. The van der Waals surface area contributed by atoms with Crippen molar-refractivity contribution >= 4 is 18.2 Å². The van der Waals surface area contributed by atoms with E-state index in [-0.39, 0.29) is 12.4 Å². The van der Waals surface area contributed by atoms with Crippen molar-refractivity contribution in [3.8, 4) is 0 Å². The number of likely N-dealkylation sites (tertiary alicyclic amines) is 1. The molecule has 0 radical (unpaired) electrons. The third kappa shape index (κ3) is 5.13. The molecule has 0 saturated carbocycles. The first-order chi connectivity index (χ1) is 9.90. The van der Waals surface area contributed by atoms with Crippen LogP contribution in [-0.4, -0.2) is 49.2 Å². The molecule has 1 aromatic rings. The summed E-state index contributed by atoms with van der Waals surface area (Å²) in [6.45, 7) is 7.32. The lowest BCUT2D eigenvalue weighted by atomic mass is 9.98. The Morgan fingerprint density at radius 2 is 2.05 bits per heavy atom. The molecule has 2 aliphatic rings. The first-order valence-corrected chi connectivity index (χ1v) is 7.98. The highest BCUT2D eigenvalue weighted by atomic mass is 35.5. The van der Waals surface area contributed by atoms with Crippen molar-refractivity contribution in [1.82, 2.24) is 15.2 Å². The molecule has 5 heteroatoms. The highest BCUT2D eigenvalue weighted by Crippen LogP contribution is 2.21. The van der Waals surface area contributed by atoms with E-state index < -0.39 is 0 Å². The van der Waals surface area contributed by atoms with Crippen LogP contribution in [0.25, 0.3) is 0 Å². The van der Waals surface area contributed by atoms with Gasteiger partial charge >= 0.3 is 0 Å². The van der Waals surface area contributed by atoms with E-state index in [4.69, 9.17) is 0 Å². The van der Waals surface area contributed by atoms with E-state index >= 15 is 0 Å². The highest BCUT2D eigenvalue weighted by molar-refractivity contribution is 5.85. The van der Waals surface area contributed by atoms with Gasteiger partial charge in [0, 0.05) is 25.8 Å². The summed E-state index contributed by atoms with van der Waals surface area (Å²) in [5.41, 5.74) is 0. The Morgan fingerprint density at radius 1 is 1.19 bits per heavy atom. The molecule has 0 spiro atoms. The quantitative estimate of drug-likeness (QED) is 0.875. The molecule has 2 N–H and O–H groups in total. The lowest BCUT2D eigenvalue weighted by molar-refractivity contribution is 0.235. The zero-order valence-corrected chi connectivity index (χ0v) is 13.4. The molecule has 4 nitrogen and oxygen atoms in total. The minimum absolute atomic E-state index is 0. The van der Waals surface area contributed by atoms with Gasteiger partial charge in [0.05, 0.1) is 0 Å². The fraction of sp³-hybridized carbons (Fsp3) is 0.688. The Morgan fingerprint density at radius 3 is 2.81 bits per heavy atom. The minimum Gasteiger partial charge on any atom is -0.370 e. The third-order valence-electron chi connectivity index (χ3n) is 4.58. The largest absolute Gasteiger partial charge is 0.370 e. The van der Waals surface area contributed by atoms with Crippen LogP contribution in [-0.2, 0) is 0 Å². The van der Waals surface area contributed by atoms with Crippen molar-refractivity contribution in [3.63, 3.8) is 0 Å². The van der Waals surface area contributed by atoms with E-state index in [0.717, 1.165) is 24.2 Å². The predicted molar refractivity (Wildman–Crippen MR) is 90.1 cm³/mol. The van der Waals surface area contributed by atoms with Gasteiger partial charge in [-0.3, -0.25) is 0 Å². The van der Waals surface area contributed by atoms with E-state index in [1.807, 2.05) is 24.4 Å². The molecule has 3 heterocycles. The van der Waals surface area contributed by atoms with Gasteiger partial charge in [0.1, 0.15) is 5.82 Å². The Hall–Kier alpha value is -0.840. The number of pyridine rings is 1. The van der Waals surface area contributed by atoms with E-state index in [9.17, 15) is 0 Å². The lowest BCUT2D eigenvalue weighted by Gasteiger charge is -2.27. The molecule has 1 aromatic heterocycles. The van der Waals surface area contributed by atoms with Crippen LogP contribution in [0.2, 0.25) is 0 Å². The minimum atomic E-state index is 0. The van der Waals surface area contributed by atoms with Crippen LogP contribution in [0.3, 0.4) is 0 Å². The maximum absolute atomic E-state index is 4.32. The van der Waals surface area contributed by atoms with Crippen LogP contribution >= 0.6 is 12.4 Å². The van der Waals surface area contributed by atoms with Crippen LogP contribution in [0.4, 0.5) is 5.82 Å². The van der Waals surface area contributed by atoms with Crippen molar-refractivity contribution in [2.45, 2.75) is 19.3 Å². The smallest absolute Gasteiger partial charge is 0.125 e. The first kappa shape index (κ1) is 16.5. The summed E-state index contributed by atoms with van der Waals surface area (Å²) < 4.78 is 0. The summed E-state index contributed by atoms with van der Waals surface area (Å²) >= 11 is 0. The zero-order valence-electron chi connectivity index (χ0n) is 12.6. The molecule has 1 unspecified atom stereocenters. The Labute approximate surface area is 134 Å². The fourth-order valence-electron chi connectivity index (χ4n) is 3.39. The van der Waals surface area contributed by atoms with Crippen LogP contribution in [0.1, 0.15) is 19.3 Å². The number of hydrogen-bond acceptors (Lipinski definition) is 4. The van der Waals surface area contributed by atoms with E-state index in [1.54, 1.807) is 0 Å². The summed E-state index contributed by atoms with van der Waals surface area (Å²) in [5.74, 6) is 2.70. The summed E-state index contributed by atoms with van der Waals surface area (Å²) in [6, 6.07) is 6.04. The van der Waals surface area contributed by atoms with E-state index in [1.165, 1.54) is 52.0 Å². The first-order valence-electron chi connectivity index (χ1n) is 7.98. The molecule has 0 aromatic carbocycles. The number of hydrogen-bond donors (Lipinski definition) is 2.